The second-order valence-corrected chi connectivity index (χ2v) is 5.26. The van der Waals surface area contributed by atoms with Crippen molar-refractivity contribution < 1.29 is 19.6 Å². The van der Waals surface area contributed by atoms with Crippen molar-refractivity contribution in [3.63, 3.8) is 0 Å². The molecule has 0 aromatic heterocycles. The van der Waals surface area contributed by atoms with Crippen LogP contribution < -0.4 is 10.4 Å². The first-order chi connectivity index (χ1) is 11.5. The number of nitrogens with one attached hydrogen (secondary N) is 1. The molecule has 0 fully saturated rings. The molecule has 0 aliphatic heterocycles. The Morgan fingerprint density at radius 3 is 2.21 bits per heavy atom. The zero-order valence-electron chi connectivity index (χ0n) is 12.7. The molecule has 124 valence electrons. The zero-order chi connectivity index (χ0) is 17.5. The molecule has 2 rings (SSSR count). The van der Waals surface area contributed by atoms with E-state index in [4.69, 9.17) is 0 Å². The summed E-state index contributed by atoms with van der Waals surface area (Å²) >= 11 is 0. The van der Waals surface area contributed by atoms with Gasteiger partial charge in [-0.25, -0.2) is 0 Å². The highest BCUT2D eigenvalue weighted by atomic mass is 16.6. The summed E-state index contributed by atoms with van der Waals surface area (Å²) in [5.74, 6) is -2.58. The fraction of sp³-hybridized carbons (Fsp3) is 0.176. The standard InChI is InChI=1S/C17H16N2O5/c20-16(21)11-13(10-12-4-2-1-3-5-12)17(22)18-14-6-8-15(9-7-14)19(23)24/h1-9,13H,10-11H2,(H,18,22)(H,20,21)/p-1/t13-/m0/s1. The number of amides is 1. The van der Waals surface area contributed by atoms with Crippen LogP contribution in [0.25, 0.3) is 0 Å². The van der Waals surface area contributed by atoms with Gasteiger partial charge in [0.2, 0.25) is 5.91 Å². The molecule has 2 aromatic carbocycles. The summed E-state index contributed by atoms with van der Waals surface area (Å²) in [6.07, 6.45) is -0.151. The smallest absolute Gasteiger partial charge is 0.269 e. The van der Waals surface area contributed by atoms with E-state index in [1.807, 2.05) is 6.07 Å². The molecule has 24 heavy (non-hydrogen) atoms. The Morgan fingerprint density at radius 1 is 1.04 bits per heavy atom. The Labute approximate surface area is 138 Å². The SMILES string of the molecule is O=C([O-])C[C@H](Cc1ccccc1)C(=O)Nc1ccc([N+](=O)[O-])cc1. The molecule has 0 heterocycles. The van der Waals surface area contributed by atoms with E-state index in [0.29, 0.717) is 5.69 Å². The Morgan fingerprint density at radius 2 is 1.67 bits per heavy atom. The molecule has 0 spiro atoms. The monoisotopic (exact) mass is 327 g/mol. The number of nitro benzene ring substituents is 1. The number of hydrogen-bond donors (Lipinski definition) is 1. The van der Waals surface area contributed by atoms with Crippen molar-refractivity contribution in [2.24, 2.45) is 5.92 Å². The number of hydrogen-bond acceptors (Lipinski definition) is 5. The summed E-state index contributed by atoms with van der Waals surface area (Å²) in [6, 6.07) is 14.4. The van der Waals surface area contributed by atoms with Crippen LogP contribution in [-0.4, -0.2) is 16.8 Å². The molecular formula is C17H15N2O5-. The fourth-order valence-corrected chi connectivity index (χ4v) is 2.27. The molecule has 0 unspecified atom stereocenters. The highest BCUT2D eigenvalue weighted by molar-refractivity contribution is 5.94. The second-order valence-electron chi connectivity index (χ2n) is 5.26. The lowest BCUT2D eigenvalue weighted by atomic mass is 9.95. The van der Waals surface area contributed by atoms with Crippen molar-refractivity contribution in [3.05, 3.63) is 70.3 Å². The van der Waals surface area contributed by atoms with Crippen molar-refractivity contribution in [2.45, 2.75) is 12.8 Å². The molecule has 7 nitrogen and oxygen atoms in total. The minimum Gasteiger partial charge on any atom is -0.550 e. The number of carbonyl (C=O) groups is 2. The molecule has 0 saturated carbocycles. The van der Waals surface area contributed by atoms with E-state index in [1.165, 1.54) is 24.3 Å². The Bertz CT molecular complexity index is 728. The Kier molecular flexibility index (Phi) is 5.62. The van der Waals surface area contributed by atoms with E-state index >= 15 is 0 Å². The molecule has 1 amide bonds. The van der Waals surface area contributed by atoms with Gasteiger partial charge in [0, 0.05) is 29.7 Å². The zero-order valence-corrected chi connectivity index (χ0v) is 12.7. The average Bonchev–Trinajstić information content (AvgIpc) is 2.55. The topological polar surface area (TPSA) is 112 Å². The quantitative estimate of drug-likeness (QED) is 0.612. The molecule has 0 aliphatic carbocycles. The van der Waals surface area contributed by atoms with Crippen LogP contribution in [0.1, 0.15) is 12.0 Å². The molecule has 1 N–H and O–H groups in total. The number of benzene rings is 2. The molecule has 0 saturated heterocycles. The number of anilines is 1. The number of aliphatic carboxylic acids is 1. The highest BCUT2D eigenvalue weighted by Crippen LogP contribution is 2.18. The van der Waals surface area contributed by atoms with Crippen molar-refractivity contribution >= 4 is 23.3 Å². The van der Waals surface area contributed by atoms with Crippen molar-refractivity contribution in [1.29, 1.82) is 0 Å². The number of nitrogens with zero attached hydrogens (tertiary/aromatic N) is 1. The molecule has 0 bridgehead atoms. The van der Waals surface area contributed by atoms with Gasteiger partial charge in [-0.15, -0.1) is 0 Å². The van der Waals surface area contributed by atoms with E-state index in [2.05, 4.69) is 5.32 Å². The van der Waals surface area contributed by atoms with Crippen molar-refractivity contribution in [2.75, 3.05) is 5.32 Å². The number of carboxylic acids is 1. The summed E-state index contributed by atoms with van der Waals surface area (Å²) < 4.78 is 0. The van der Waals surface area contributed by atoms with Gasteiger partial charge in [0.25, 0.3) is 5.69 Å². The molecule has 1 atom stereocenters. The summed E-state index contributed by atoms with van der Waals surface area (Å²) in [5, 5.41) is 24.1. The second kappa shape index (κ2) is 7.87. The number of rotatable bonds is 7. The maximum Gasteiger partial charge on any atom is 0.269 e. The van der Waals surface area contributed by atoms with Gasteiger partial charge in [-0.2, -0.15) is 0 Å². The van der Waals surface area contributed by atoms with Crippen LogP contribution in [0.2, 0.25) is 0 Å². The third-order valence-corrected chi connectivity index (χ3v) is 3.45. The van der Waals surface area contributed by atoms with Crippen molar-refractivity contribution in [1.82, 2.24) is 0 Å². The lowest BCUT2D eigenvalue weighted by Gasteiger charge is -2.17. The van der Waals surface area contributed by atoms with Gasteiger partial charge >= 0.3 is 0 Å². The Hall–Kier alpha value is -3.22. The van der Waals surface area contributed by atoms with E-state index in [9.17, 15) is 24.8 Å². The normalized spacial score (nSPS) is 11.5. The molecule has 0 aliphatic rings. The largest absolute Gasteiger partial charge is 0.550 e. The minimum atomic E-state index is -1.31. The number of non-ortho nitro benzene ring substituents is 1. The lowest BCUT2D eigenvalue weighted by Crippen LogP contribution is -2.32. The molecule has 0 radical (unpaired) electrons. The van der Waals surface area contributed by atoms with Gasteiger partial charge in [-0.1, -0.05) is 30.3 Å². The summed E-state index contributed by atoms with van der Waals surface area (Å²) in [6.45, 7) is 0. The predicted molar refractivity (Wildman–Crippen MR) is 85.0 cm³/mol. The third-order valence-electron chi connectivity index (χ3n) is 3.45. The van der Waals surface area contributed by atoms with E-state index in [-0.39, 0.29) is 12.1 Å². The van der Waals surface area contributed by atoms with Crippen LogP contribution in [0.4, 0.5) is 11.4 Å². The number of carboxylic acid groups (broad SMARTS) is 1. The van der Waals surface area contributed by atoms with Gasteiger partial charge in [-0.3, -0.25) is 14.9 Å². The lowest BCUT2D eigenvalue weighted by molar-refractivity contribution is -0.384. The van der Waals surface area contributed by atoms with E-state index < -0.39 is 29.1 Å². The van der Waals surface area contributed by atoms with Gasteiger partial charge in [0.1, 0.15) is 0 Å². The molecular weight excluding hydrogens is 312 g/mol. The third kappa shape index (κ3) is 4.91. The van der Waals surface area contributed by atoms with Crippen LogP contribution in [0, 0.1) is 16.0 Å². The first kappa shape index (κ1) is 17.1. The van der Waals surface area contributed by atoms with Crippen LogP contribution in [0.15, 0.2) is 54.6 Å². The first-order valence-corrected chi connectivity index (χ1v) is 7.25. The van der Waals surface area contributed by atoms with Gasteiger partial charge in [0.05, 0.1) is 4.92 Å². The number of carbonyl (C=O) groups excluding carboxylic acids is 2. The van der Waals surface area contributed by atoms with Crippen LogP contribution in [0.3, 0.4) is 0 Å². The van der Waals surface area contributed by atoms with E-state index in [0.717, 1.165) is 5.56 Å². The molecule has 2 aromatic rings. The summed E-state index contributed by atoms with van der Waals surface area (Å²) in [5.41, 5.74) is 1.10. The van der Waals surface area contributed by atoms with Gasteiger partial charge in [0.15, 0.2) is 0 Å². The first-order valence-electron chi connectivity index (χ1n) is 7.25. The van der Waals surface area contributed by atoms with Crippen molar-refractivity contribution in [3.8, 4) is 0 Å². The number of nitro groups is 1. The van der Waals surface area contributed by atoms with E-state index in [1.54, 1.807) is 24.3 Å². The maximum atomic E-state index is 12.3. The van der Waals surface area contributed by atoms with Crippen LogP contribution in [-0.2, 0) is 16.0 Å². The van der Waals surface area contributed by atoms with Gasteiger partial charge in [-0.05, 0) is 30.5 Å². The van der Waals surface area contributed by atoms with Gasteiger partial charge < -0.3 is 15.2 Å². The highest BCUT2D eigenvalue weighted by Gasteiger charge is 2.20. The average molecular weight is 327 g/mol. The predicted octanol–water partition coefficient (Wildman–Crippen LogP) is 1.53. The Balaban J connectivity index is 2.09. The molecule has 7 heteroatoms. The fourth-order valence-electron chi connectivity index (χ4n) is 2.27. The maximum absolute atomic E-state index is 12.3. The summed E-state index contributed by atoms with van der Waals surface area (Å²) in [4.78, 5) is 33.3. The minimum absolute atomic E-state index is 0.0939. The van der Waals surface area contributed by atoms with Crippen LogP contribution >= 0.6 is 0 Å². The summed E-state index contributed by atoms with van der Waals surface area (Å²) in [7, 11) is 0. The van der Waals surface area contributed by atoms with Crippen LogP contribution in [0.5, 0.6) is 0 Å².